The van der Waals surface area contributed by atoms with E-state index < -0.39 is 0 Å². The van der Waals surface area contributed by atoms with Crippen LogP contribution in [0, 0.1) is 0 Å². The van der Waals surface area contributed by atoms with E-state index >= 15 is 0 Å². The molecule has 20 heavy (non-hydrogen) atoms. The molecule has 5 heteroatoms. The molecule has 110 valence electrons. The zero-order valence-electron chi connectivity index (χ0n) is 12.2. The van der Waals surface area contributed by atoms with E-state index in [1.807, 2.05) is 0 Å². The number of hydrogen-bond donors (Lipinski definition) is 1. The van der Waals surface area contributed by atoms with Crippen LogP contribution >= 0.6 is 11.3 Å². The number of carbonyl (C=O) groups excluding carboxylic acids is 1. The summed E-state index contributed by atoms with van der Waals surface area (Å²) in [7, 11) is 2.14. The van der Waals surface area contributed by atoms with E-state index in [0.29, 0.717) is 11.9 Å². The van der Waals surface area contributed by atoms with Gasteiger partial charge in [-0.25, -0.2) is 0 Å². The fourth-order valence-corrected chi connectivity index (χ4v) is 4.04. The summed E-state index contributed by atoms with van der Waals surface area (Å²) in [6.45, 7) is 4.22. The van der Waals surface area contributed by atoms with Crippen molar-refractivity contribution >= 4 is 17.2 Å². The average molecular weight is 293 g/mol. The number of rotatable bonds is 4. The minimum atomic E-state index is -0.00388. The molecule has 1 N–H and O–H groups in total. The summed E-state index contributed by atoms with van der Waals surface area (Å²) in [5.74, 6) is 0.295. The van der Waals surface area contributed by atoms with Gasteiger partial charge in [0.25, 0.3) is 0 Å². The molecule has 3 atom stereocenters. The van der Waals surface area contributed by atoms with E-state index in [2.05, 4.69) is 45.9 Å². The number of thiophene rings is 1. The third kappa shape index (κ3) is 2.50. The van der Waals surface area contributed by atoms with E-state index in [0.717, 1.165) is 32.4 Å². The number of nitrogens with zero attached hydrogens (tertiary/aromatic N) is 2. The molecule has 2 fully saturated rings. The smallest absolute Gasteiger partial charge is 0.241 e. The molecule has 0 aromatic carbocycles. The van der Waals surface area contributed by atoms with Crippen LogP contribution in [0.3, 0.4) is 0 Å². The molecule has 0 bridgehead atoms. The maximum absolute atomic E-state index is 12.7. The second kappa shape index (κ2) is 5.84. The van der Waals surface area contributed by atoms with Crippen LogP contribution in [0.1, 0.15) is 37.9 Å². The Morgan fingerprint density at radius 2 is 2.35 bits per heavy atom. The first-order chi connectivity index (χ1) is 9.70. The highest BCUT2D eigenvalue weighted by atomic mass is 32.1. The minimum absolute atomic E-state index is 0.00388. The highest BCUT2D eigenvalue weighted by Gasteiger charge is 2.44. The van der Waals surface area contributed by atoms with Gasteiger partial charge >= 0.3 is 0 Å². The molecule has 3 unspecified atom stereocenters. The van der Waals surface area contributed by atoms with Crippen LogP contribution in [-0.4, -0.2) is 47.9 Å². The van der Waals surface area contributed by atoms with Crippen molar-refractivity contribution < 1.29 is 4.79 Å². The van der Waals surface area contributed by atoms with Gasteiger partial charge in [-0.3, -0.25) is 10.1 Å². The number of likely N-dealkylation sites (N-methyl/N-ethyl adjacent to an activating group) is 1. The maximum Gasteiger partial charge on any atom is 0.241 e. The molecule has 3 heterocycles. The Balaban J connectivity index is 1.84. The van der Waals surface area contributed by atoms with Gasteiger partial charge in [0.05, 0.1) is 6.04 Å². The summed E-state index contributed by atoms with van der Waals surface area (Å²) in [6, 6.07) is 2.48. The van der Waals surface area contributed by atoms with Gasteiger partial charge in [-0.2, -0.15) is 11.3 Å². The lowest BCUT2D eigenvalue weighted by molar-refractivity contribution is -0.132. The SMILES string of the molecule is CCCC1NC(c2ccsc2)N(C2CCN(C)C2)C1=O. The molecule has 1 amide bonds. The van der Waals surface area contributed by atoms with E-state index in [1.165, 1.54) is 5.56 Å². The van der Waals surface area contributed by atoms with Crippen LogP contribution in [0.25, 0.3) is 0 Å². The number of amides is 1. The van der Waals surface area contributed by atoms with Crippen LogP contribution in [0.2, 0.25) is 0 Å². The van der Waals surface area contributed by atoms with Crippen LogP contribution in [-0.2, 0) is 4.79 Å². The summed E-state index contributed by atoms with van der Waals surface area (Å²) in [5, 5.41) is 7.80. The highest BCUT2D eigenvalue weighted by Crippen LogP contribution is 2.32. The zero-order valence-corrected chi connectivity index (χ0v) is 13.0. The predicted molar refractivity (Wildman–Crippen MR) is 81.6 cm³/mol. The van der Waals surface area contributed by atoms with Crippen LogP contribution < -0.4 is 5.32 Å². The Bertz CT molecular complexity index is 462. The lowest BCUT2D eigenvalue weighted by atomic mass is 10.1. The molecule has 0 spiro atoms. The molecule has 2 saturated heterocycles. The summed E-state index contributed by atoms with van der Waals surface area (Å²) in [6.07, 6.45) is 3.13. The Kier molecular flexibility index (Phi) is 4.10. The van der Waals surface area contributed by atoms with Crippen molar-refractivity contribution in [1.82, 2.24) is 15.1 Å². The largest absolute Gasteiger partial charge is 0.317 e. The number of carbonyl (C=O) groups is 1. The first kappa shape index (κ1) is 14.0. The molecular weight excluding hydrogens is 270 g/mol. The van der Waals surface area contributed by atoms with Crippen molar-refractivity contribution in [3.63, 3.8) is 0 Å². The zero-order chi connectivity index (χ0) is 14.1. The Labute approximate surface area is 124 Å². The van der Waals surface area contributed by atoms with Crippen LogP contribution in [0.15, 0.2) is 16.8 Å². The van der Waals surface area contributed by atoms with E-state index in [4.69, 9.17) is 0 Å². The third-order valence-corrected chi connectivity index (χ3v) is 5.09. The van der Waals surface area contributed by atoms with Crippen molar-refractivity contribution in [1.29, 1.82) is 0 Å². The highest BCUT2D eigenvalue weighted by molar-refractivity contribution is 7.07. The lowest BCUT2D eigenvalue weighted by Gasteiger charge is -2.29. The maximum atomic E-state index is 12.7. The summed E-state index contributed by atoms with van der Waals surface area (Å²) in [5.41, 5.74) is 1.23. The normalized spacial score (nSPS) is 31.4. The Morgan fingerprint density at radius 3 is 2.95 bits per heavy atom. The molecule has 0 radical (unpaired) electrons. The summed E-state index contributed by atoms with van der Waals surface area (Å²) >= 11 is 1.70. The van der Waals surface area contributed by atoms with Crippen LogP contribution in [0.5, 0.6) is 0 Å². The fourth-order valence-electron chi connectivity index (χ4n) is 3.36. The minimum Gasteiger partial charge on any atom is -0.317 e. The monoisotopic (exact) mass is 293 g/mol. The van der Waals surface area contributed by atoms with Gasteiger partial charge in [-0.05, 0) is 48.8 Å². The van der Waals surface area contributed by atoms with Gasteiger partial charge in [-0.15, -0.1) is 0 Å². The quantitative estimate of drug-likeness (QED) is 0.923. The van der Waals surface area contributed by atoms with Gasteiger partial charge in [-0.1, -0.05) is 13.3 Å². The van der Waals surface area contributed by atoms with Crippen molar-refractivity contribution in [2.75, 3.05) is 20.1 Å². The van der Waals surface area contributed by atoms with E-state index in [9.17, 15) is 4.79 Å². The number of nitrogens with one attached hydrogen (secondary N) is 1. The Hall–Kier alpha value is -0.910. The van der Waals surface area contributed by atoms with Crippen LogP contribution in [0.4, 0.5) is 0 Å². The molecule has 2 aliphatic heterocycles. The fraction of sp³-hybridized carbons (Fsp3) is 0.667. The molecule has 4 nitrogen and oxygen atoms in total. The van der Waals surface area contributed by atoms with Crippen molar-refractivity contribution in [2.45, 2.75) is 44.4 Å². The molecule has 1 aromatic rings. The molecule has 3 rings (SSSR count). The molecule has 0 saturated carbocycles. The van der Waals surface area contributed by atoms with Crippen molar-refractivity contribution in [3.05, 3.63) is 22.4 Å². The van der Waals surface area contributed by atoms with Gasteiger partial charge in [0.2, 0.25) is 5.91 Å². The predicted octanol–water partition coefficient (Wildman–Crippen LogP) is 2.05. The summed E-state index contributed by atoms with van der Waals surface area (Å²) in [4.78, 5) is 17.2. The van der Waals surface area contributed by atoms with E-state index in [-0.39, 0.29) is 12.2 Å². The molecule has 1 aromatic heterocycles. The van der Waals surface area contributed by atoms with Gasteiger partial charge in [0.1, 0.15) is 6.17 Å². The standard InChI is InChI=1S/C15H23N3OS/c1-3-4-13-15(19)18(12-5-7-17(2)9-12)14(16-13)11-6-8-20-10-11/h6,8,10,12-14,16H,3-5,7,9H2,1-2H3. The van der Waals surface area contributed by atoms with Crippen molar-refractivity contribution in [3.8, 4) is 0 Å². The first-order valence-corrected chi connectivity index (χ1v) is 8.44. The topological polar surface area (TPSA) is 35.6 Å². The summed E-state index contributed by atoms with van der Waals surface area (Å²) < 4.78 is 0. The number of likely N-dealkylation sites (tertiary alicyclic amines) is 1. The average Bonchev–Trinajstić information content (AvgIpc) is 3.12. The Morgan fingerprint density at radius 1 is 1.50 bits per heavy atom. The van der Waals surface area contributed by atoms with Gasteiger partial charge in [0.15, 0.2) is 0 Å². The second-order valence-corrected chi connectivity index (χ2v) is 6.70. The lowest BCUT2D eigenvalue weighted by Crippen LogP contribution is -2.41. The van der Waals surface area contributed by atoms with Gasteiger partial charge in [0, 0.05) is 12.6 Å². The van der Waals surface area contributed by atoms with E-state index in [1.54, 1.807) is 11.3 Å². The third-order valence-electron chi connectivity index (χ3n) is 4.39. The second-order valence-electron chi connectivity index (χ2n) is 5.92. The van der Waals surface area contributed by atoms with Gasteiger partial charge < -0.3 is 9.80 Å². The molecule has 0 aliphatic carbocycles. The number of hydrogen-bond acceptors (Lipinski definition) is 4. The first-order valence-electron chi connectivity index (χ1n) is 7.49. The molecule has 2 aliphatic rings. The van der Waals surface area contributed by atoms with Crippen molar-refractivity contribution in [2.24, 2.45) is 0 Å². The molecular formula is C15H23N3OS.